The lowest BCUT2D eigenvalue weighted by molar-refractivity contribution is 0.0600. The molecule has 1 aromatic carbocycles. The normalized spacial score (nSPS) is 17.1. The molecule has 118 valence electrons. The number of likely N-dealkylation sites (tertiary alicyclic amines) is 1. The van der Waals surface area contributed by atoms with Crippen LogP contribution >= 0.6 is 0 Å². The Morgan fingerprint density at radius 2 is 2.04 bits per heavy atom. The molecule has 1 aliphatic rings. The maximum absolute atomic E-state index is 12.8. The largest absolute Gasteiger partial charge is 0.465 e. The molecule has 1 aliphatic heterocycles. The Kier molecular flexibility index (Phi) is 4.37. The van der Waals surface area contributed by atoms with Crippen molar-refractivity contribution in [2.75, 3.05) is 13.7 Å². The summed E-state index contributed by atoms with van der Waals surface area (Å²) in [5, 5.41) is 0. The van der Waals surface area contributed by atoms with Crippen molar-refractivity contribution in [3.05, 3.63) is 65.5 Å². The van der Waals surface area contributed by atoms with Gasteiger partial charge in [-0.3, -0.25) is 9.78 Å². The van der Waals surface area contributed by atoms with E-state index in [1.165, 1.54) is 7.11 Å². The fraction of sp³-hybridized carbons (Fsp3) is 0.278. The molecule has 5 nitrogen and oxygen atoms in total. The van der Waals surface area contributed by atoms with E-state index in [-0.39, 0.29) is 11.9 Å². The third kappa shape index (κ3) is 3.08. The van der Waals surface area contributed by atoms with Crippen LogP contribution in [-0.4, -0.2) is 35.4 Å². The molecule has 1 unspecified atom stereocenters. The van der Waals surface area contributed by atoms with Gasteiger partial charge in [0.25, 0.3) is 5.91 Å². The van der Waals surface area contributed by atoms with E-state index in [2.05, 4.69) is 4.98 Å². The lowest BCUT2D eigenvalue weighted by Gasteiger charge is -2.25. The Morgan fingerprint density at radius 3 is 2.78 bits per heavy atom. The number of methoxy groups -OCH3 is 1. The first-order chi connectivity index (χ1) is 11.2. The van der Waals surface area contributed by atoms with Crippen LogP contribution < -0.4 is 0 Å². The van der Waals surface area contributed by atoms with Gasteiger partial charge in [0.05, 0.1) is 18.7 Å². The van der Waals surface area contributed by atoms with E-state index < -0.39 is 5.97 Å². The van der Waals surface area contributed by atoms with Gasteiger partial charge in [0.1, 0.15) is 0 Å². The van der Waals surface area contributed by atoms with Gasteiger partial charge in [-0.15, -0.1) is 0 Å². The summed E-state index contributed by atoms with van der Waals surface area (Å²) in [7, 11) is 1.33. The number of amides is 1. The van der Waals surface area contributed by atoms with Crippen molar-refractivity contribution in [2.45, 2.75) is 18.9 Å². The number of hydrogen-bond acceptors (Lipinski definition) is 4. The van der Waals surface area contributed by atoms with Crippen molar-refractivity contribution in [2.24, 2.45) is 0 Å². The zero-order valence-electron chi connectivity index (χ0n) is 12.9. The number of rotatable bonds is 3. The number of benzene rings is 1. The number of pyridine rings is 1. The number of esters is 1. The third-order valence-electron chi connectivity index (χ3n) is 4.11. The molecule has 2 heterocycles. The highest BCUT2D eigenvalue weighted by atomic mass is 16.5. The van der Waals surface area contributed by atoms with Crippen molar-refractivity contribution in [3.8, 4) is 0 Å². The number of hydrogen-bond donors (Lipinski definition) is 0. The zero-order valence-corrected chi connectivity index (χ0v) is 12.9. The summed E-state index contributed by atoms with van der Waals surface area (Å²) in [5.41, 5.74) is 1.93. The molecule has 23 heavy (non-hydrogen) atoms. The van der Waals surface area contributed by atoms with E-state index in [0.29, 0.717) is 17.7 Å². The van der Waals surface area contributed by atoms with Crippen LogP contribution in [0.4, 0.5) is 0 Å². The number of carbonyl (C=O) groups is 2. The van der Waals surface area contributed by atoms with Gasteiger partial charge in [-0.2, -0.15) is 0 Å². The molecule has 0 spiro atoms. The van der Waals surface area contributed by atoms with E-state index in [1.54, 1.807) is 36.7 Å². The molecule has 1 fully saturated rings. The maximum Gasteiger partial charge on any atom is 0.337 e. The topological polar surface area (TPSA) is 59.5 Å². The minimum Gasteiger partial charge on any atom is -0.465 e. The Balaban J connectivity index is 1.86. The van der Waals surface area contributed by atoms with E-state index in [0.717, 1.165) is 18.4 Å². The zero-order chi connectivity index (χ0) is 16.2. The molecule has 1 amide bonds. The van der Waals surface area contributed by atoms with E-state index in [1.807, 2.05) is 17.0 Å². The van der Waals surface area contributed by atoms with Crippen molar-refractivity contribution < 1.29 is 14.3 Å². The fourth-order valence-corrected chi connectivity index (χ4v) is 2.99. The Labute approximate surface area is 134 Å². The minimum atomic E-state index is -0.440. The average molecular weight is 310 g/mol. The van der Waals surface area contributed by atoms with Crippen LogP contribution in [0, 0.1) is 0 Å². The SMILES string of the molecule is COC(=O)c1cccc(C(=O)N2CCCC2c2cccnc2)c1. The lowest BCUT2D eigenvalue weighted by atomic mass is 10.1. The molecule has 0 saturated carbocycles. The van der Waals surface area contributed by atoms with E-state index in [4.69, 9.17) is 4.74 Å². The van der Waals surface area contributed by atoms with Crippen molar-refractivity contribution in [1.82, 2.24) is 9.88 Å². The molecule has 1 saturated heterocycles. The van der Waals surface area contributed by atoms with Gasteiger partial charge in [0.15, 0.2) is 0 Å². The predicted octanol–water partition coefficient (Wildman–Crippen LogP) is 2.85. The van der Waals surface area contributed by atoms with Crippen molar-refractivity contribution in [3.63, 3.8) is 0 Å². The van der Waals surface area contributed by atoms with Gasteiger partial charge in [-0.05, 0) is 42.7 Å². The van der Waals surface area contributed by atoms with E-state index >= 15 is 0 Å². The van der Waals surface area contributed by atoms with Crippen LogP contribution in [0.15, 0.2) is 48.8 Å². The first kappa shape index (κ1) is 15.2. The number of aromatic nitrogens is 1. The summed E-state index contributed by atoms with van der Waals surface area (Å²) in [5.74, 6) is -0.507. The van der Waals surface area contributed by atoms with Crippen LogP contribution in [0.25, 0.3) is 0 Å². The predicted molar refractivity (Wildman–Crippen MR) is 85.0 cm³/mol. The summed E-state index contributed by atoms with van der Waals surface area (Å²) in [6.45, 7) is 0.709. The van der Waals surface area contributed by atoms with Gasteiger partial charge in [0, 0.05) is 24.5 Å². The molecule has 2 aromatic rings. The molecule has 5 heteroatoms. The Morgan fingerprint density at radius 1 is 1.22 bits per heavy atom. The second-order valence-corrected chi connectivity index (χ2v) is 5.52. The van der Waals surface area contributed by atoms with Crippen LogP contribution in [0.2, 0.25) is 0 Å². The maximum atomic E-state index is 12.8. The third-order valence-corrected chi connectivity index (χ3v) is 4.11. The second kappa shape index (κ2) is 6.60. The summed E-state index contributed by atoms with van der Waals surface area (Å²) >= 11 is 0. The molecule has 0 aliphatic carbocycles. The van der Waals surface area contributed by atoms with Gasteiger partial charge in [0.2, 0.25) is 0 Å². The van der Waals surface area contributed by atoms with Gasteiger partial charge < -0.3 is 9.64 Å². The monoisotopic (exact) mass is 310 g/mol. The summed E-state index contributed by atoms with van der Waals surface area (Å²) in [6.07, 6.45) is 5.42. The molecule has 0 N–H and O–H groups in total. The summed E-state index contributed by atoms with van der Waals surface area (Å²) < 4.78 is 4.71. The standard InChI is InChI=1S/C18H18N2O3/c1-23-18(22)14-6-2-5-13(11-14)17(21)20-10-4-8-16(20)15-7-3-9-19-12-15/h2-3,5-7,9,11-12,16H,4,8,10H2,1H3. The van der Waals surface area contributed by atoms with Crippen LogP contribution in [0.5, 0.6) is 0 Å². The molecule has 1 atom stereocenters. The van der Waals surface area contributed by atoms with Gasteiger partial charge in [-0.1, -0.05) is 12.1 Å². The minimum absolute atomic E-state index is 0.0398. The summed E-state index contributed by atoms with van der Waals surface area (Å²) in [6, 6.07) is 10.6. The van der Waals surface area contributed by atoms with Gasteiger partial charge >= 0.3 is 5.97 Å². The van der Waals surface area contributed by atoms with Gasteiger partial charge in [-0.25, -0.2) is 4.79 Å². The first-order valence-corrected chi connectivity index (χ1v) is 7.60. The Hall–Kier alpha value is -2.69. The smallest absolute Gasteiger partial charge is 0.337 e. The highest BCUT2D eigenvalue weighted by Crippen LogP contribution is 2.32. The number of carbonyl (C=O) groups excluding carboxylic acids is 2. The highest BCUT2D eigenvalue weighted by molar-refractivity contribution is 5.98. The van der Waals surface area contributed by atoms with E-state index in [9.17, 15) is 9.59 Å². The molecular weight excluding hydrogens is 292 g/mol. The number of nitrogens with zero attached hydrogens (tertiary/aromatic N) is 2. The molecule has 3 rings (SSSR count). The summed E-state index contributed by atoms with van der Waals surface area (Å²) in [4.78, 5) is 30.5. The lowest BCUT2D eigenvalue weighted by Crippen LogP contribution is -2.30. The molecular formula is C18H18N2O3. The second-order valence-electron chi connectivity index (χ2n) is 5.52. The van der Waals surface area contributed by atoms with Crippen molar-refractivity contribution in [1.29, 1.82) is 0 Å². The Bertz CT molecular complexity index is 715. The van der Waals surface area contributed by atoms with Crippen LogP contribution in [0.3, 0.4) is 0 Å². The number of ether oxygens (including phenoxy) is 1. The quantitative estimate of drug-likeness (QED) is 0.818. The molecule has 0 bridgehead atoms. The van der Waals surface area contributed by atoms with Crippen LogP contribution in [-0.2, 0) is 4.74 Å². The highest BCUT2D eigenvalue weighted by Gasteiger charge is 2.30. The van der Waals surface area contributed by atoms with Crippen molar-refractivity contribution >= 4 is 11.9 Å². The van der Waals surface area contributed by atoms with Crippen LogP contribution in [0.1, 0.15) is 45.2 Å². The average Bonchev–Trinajstić information content (AvgIpc) is 3.11. The first-order valence-electron chi connectivity index (χ1n) is 7.60. The molecule has 1 aromatic heterocycles. The molecule has 0 radical (unpaired) electrons. The fourth-order valence-electron chi connectivity index (χ4n) is 2.99.